The quantitative estimate of drug-likeness (QED) is 0.616. The first-order valence-electron chi connectivity index (χ1n) is 2.87. The topological polar surface area (TPSA) is 66.2 Å². The fourth-order valence-corrected chi connectivity index (χ4v) is 0.974. The molecule has 1 aromatic carbocycles. The van der Waals surface area contributed by atoms with Crippen LogP contribution in [-0.2, 0) is 0 Å². The molecule has 0 saturated carbocycles. The number of benzene rings is 1. The minimum absolute atomic E-state index is 0.00463. The number of anilines is 1. The van der Waals surface area contributed by atoms with Gasteiger partial charge in [-0.25, -0.2) is 0 Å². The molecule has 0 saturated heterocycles. The second-order valence-electron chi connectivity index (χ2n) is 2.06. The highest BCUT2D eigenvalue weighted by Gasteiger charge is 1.96. The summed E-state index contributed by atoms with van der Waals surface area (Å²) in [6.07, 6.45) is 0. The summed E-state index contributed by atoms with van der Waals surface area (Å²) in [6.45, 7) is 0. The Bertz CT molecular complexity index is 278. The van der Waals surface area contributed by atoms with E-state index in [9.17, 15) is 9.90 Å². The smallest absolute Gasteiger partial charge is 0.0716 e. The van der Waals surface area contributed by atoms with Gasteiger partial charge < -0.3 is 15.6 Å². The SMILES string of the molecule is Nc1cc(Cl)cc(C(=O)[O-])c1. The summed E-state index contributed by atoms with van der Waals surface area (Å²) in [5, 5.41) is 10.6. The molecule has 0 unspecified atom stereocenters. The van der Waals surface area contributed by atoms with Gasteiger partial charge in [0.05, 0.1) is 5.97 Å². The summed E-state index contributed by atoms with van der Waals surface area (Å²) in [5.41, 5.74) is 5.63. The van der Waals surface area contributed by atoms with E-state index in [1.54, 1.807) is 0 Å². The van der Waals surface area contributed by atoms with Crippen LogP contribution in [0.25, 0.3) is 0 Å². The molecule has 4 heteroatoms. The van der Waals surface area contributed by atoms with Crippen LogP contribution < -0.4 is 10.8 Å². The second-order valence-corrected chi connectivity index (χ2v) is 2.50. The Hall–Kier alpha value is -1.22. The molecular formula is C7H5ClNO2-. The Labute approximate surface area is 68.4 Å². The summed E-state index contributed by atoms with van der Waals surface area (Å²) < 4.78 is 0. The maximum atomic E-state index is 10.3. The molecular weight excluding hydrogens is 166 g/mol. The van der Waals surface area contributed by atoms with Gasteiger partial charge in [0.2, 0.25) is 0 Å². The van der Waals surface area contributed by atoms with E-state index in [1.807, 2.05) is 0 Å². The van der Waals surface area contributed by atoms with E-state index >= 15 is 0 Å². The van der Waals surface area contributed by atoms with Crippen LogP contribution in [-0.4, -0.2) is 5.97 Å². The van der Waals surface area contributed by atoms with Crippen molar-refractivity contribution in [3.63, 3.8) is 0 Å². The molecule has 0 atom stereocenters. The van der Waals surface area contributed by atoms with Gasteiger partial charge in [0.1, 0.15) is 0 Å². The highest BCUT2D eigenvalue weighted by Crippen LogP contribution is 2.15. The fraction of sp³-hybridized carbons (Fsp3) is 0. The molecule has 3 nitrogen and oxygen atoms in total. The van der Waals surface area contributed by atoms with Crippen molar-refractivity contribution in [2.75, 3.05) is 5.73 Å². The Kier molecular flexibility index (Phi) is 2.01. The van der Waals surface area contributed by atoms with Crippen molar-refractivity contribution in [1.82, 2.24) is 0 Å². The van der Waals surface area contributed by atoms with Crippen LogP contribution in [0, 0.1) is 0 Å². The Balaban J connectivity index is 3.19. The van der Waals surface area contributed by atoms with Crippen LogP contribution in [0.1, 0.15) is 10.4 Å². The molecule has 0 fully saturated rings. The van der Waals surface area contributed by atoms with Crippen molar-refractivity contribution in [1.29, 1.82) is 0 Å². The zero-order valence-corrected chi connectivity index (χ0v) is 6.26. The van der Waals surface area contributed by atoms with Gasteiger partial charge in [-0.1, -0.05) is 11.6 Å². The number of nitrogens with two attached hydrogens (primary N) is 1. The van der Waals surface area contributed by atoms with Crippen molar-refractivity contribution in [3.05, 3.63) is 28.8 Å². The lowest BCUT2D eigenvalue weighted by Gasteiger charge is -2.03. The third-order valence-corrected chi connectivity index (χ3v) is 1.37. The molecule has 0 aliphatic heterocycles. The molecule has 0 aliphatic carbocycles. The maximum absolute atomic E-state index is 10.3. The Morgan fingerprint density at radius 3 is 2.55 bits per heavy atom. The van der Waals surface area contributed by atoms with Crippen molar-refractivity contribution >= 4 is 23.3 Å². The minimum Gasteiger partial charge on any atom is -0.545 e. The molecule has 0 radical (unpaired) electrons. The normalized spacial score (nSPS) is 9.55. The number of hydrogen-bond acceptors (Lipinski definition) is 3. The third-order valence-electron chi connectivity index (χ3n) is 1.16. The van der Waals surface area contributed by atoms with Crippen LogP contribution in [0.5, 0.6) is 0 Å². The largest absolute Gasteiger partial charge is 0.545 e. The third kappa shape index (κ3) is 1.85. The van der Waals surface area contributed by atoms with Crippen LogP contribution in [0.2, 0.25) is 5.02 Å². The van der Waals surface area contributed by atoms with E-state index in [1.165, 1.54) is 18.2 Å². The minimum atomic E-state index is -1.28. The van der Waals surface area contributed by atoms with E-state index in [-0.39, 0.29) is 5.56 Å². The lowest BCUT2D eigenvalue weighted by Crippen LogP contribution is -2.22. The van der Waals surface area contributed by atoms with Crippen molar-refractivity contribution in [2.45, 2.75) is 0 Å². The molecule has 11 heavy (non-hydrogen) atoms. The summed E-state index contributed by atoms with van der Waals surface area (Å²) in [4.78, 5) is 10.3. The Morgan fingerprint density at radius 2 is 2.09 bits per heavy atom. The van der Waals surface area contributed by atoms with Crippen LogP contribution in [0.3, 0.4) is 0 Å². The molecule has 1 rings (SSSR count). The average molecular weight is 171 g/mol. The van der Waals surface area contributed by atoms with Crippen LogP contribution in [0.15, 0.2) is 18.2 Å². The summed E-state index contributed by atoms with van der Waals surface area (Å²) in [5.74, 6) is -1.28. The molecule has 0 aliphatic rings. The van der Waals surface area contributed by atoms with Gasteiger partial charge in [-0.2, -0.15) is 0 Å². The van der Waals surface area contributed by atoms with E-state index in [0.29, 0.717) is 10.7 Å². The van der Waals surface area contributed by atoms with E-state index in [0.717, 1.165) is 0 Å². The van der Waals surface area contributed by atoms with Crippen molar-refractivity contribution < 1.29 is 9.90 Å². The molecule has 2 N–H and O–H groups in total. The molecule has 0 amide bonds. The van der Waals surface area contributed by atoms with Gasteiger partial charge in [0.25, 0.3) is 0 Å². The monoisotopic (exact) mass is 170 g/mol. The molecule has 58 valence electrons. The van der Waals surface area contributed by atoms with Gasteiger partial charge in [0, 0.05) is 16.3 Å². The number of aromatic carboxylic acids is 1. The average Bonchev–Trinajstić information content (AvgIpc) is 1.85. The van der Waals surface area contributed by atoms with Gasteiger partial charge in [-0.3, -0.25) is 0 Å². The first kappa shape index (κ1) is 7.88. The second kappa shape index (κ2) is 2.80. The predicted octanol–water partition coefficient (Wildman–Crippen LogP) is 0.286. The van der Waals surface area contributed by atoms with E-state index < -0.39 is 5.97 Å². The number of carboxylic acid groups (broad SMARTS) is 1. The summed E-state index contributed by atoms with van der Waals surface area (Å²) in [7, 11) is 0. The summed E-state index contributed by atoms with van der Waals surface area (Å²) in [6, 6.07) is 4.04. The lowest BCUT2D eigenvalue weighted by atomic mass is 10.2. The molecule has 0 heterocycles. The van der Waals surface area contributed by atoms with Crippen LogP contribution >= 0.6 is 11.6 Å². The molecule has 1 aromatic rings. The maximum Gasteiger partial charge on any atom is 0.0716 e. The van der Waals surface area contributed by atoms with Gasteiger partial charge in [-0.05, 0) is 18.2 Å². The fourth-order valence-electron chi connectivity index (χ4n) is 0.730. The van der Waals surface area contributed by atoms with E-state index in [4.69, 9.17) is 17.3 Å². The zero-order chi connectivity index (χ0) is 8.43. The predicted molar refractivity (Wildman–Crippen MR) is 40.2 cm³/mol. The Morgan fingerprint density at radius 1 is 1.45 bits per heavy atom. The highest BCUT2D eigenvalue weighted by molar-refractivity contribution is 6.31. The lowest BCUT2D eigenvalue weighted by molar-refractivity contribution is -0.255. The van der Waals surface area contributed by atoms with Gasteiger partial charge in [-0.15, -0.1) is 0 Å². The van der Waals surface area contributed by atoms with Gasteiger partial charge >= 0.3 is 0 Å². The number of carboxylic acids is 1. The van der Waals surface area contributed by atoms with Crippen LogP contribution in [0.4, 0.5) is 5.69 Å². The molecule has 0 bridgehead atoms. The summed E-state index contributed by atoms with van der Waals surface area (Å²) >= 11 is 5.52. The first-order valence-corrected chi connectivity index (χ1v) is 3.25. The van der Waals surface area contributed by atoms with E-state index in [2.05, 4.69) is 0 Å². The number of halogens is 1. The number of rotatable bonds is 1. The zero-order valence-electron chi connectivity index (χ0n) is 5.50. The van der Waals surface area contributed by atoms with Gasteiger partial charge in [0.15, 0.2) is 0 Å². The number of carbonyl (C=O) groups excluding carboxylic acids is 1. The van der Waals surface area contributed by atoms with Crippen molar-refractivity contribution in [2.24, 2.45) is 0 Å². The standard InChI is InChI=1S/C7H6ClNO2/c8-5-1-4(7(10)11)2-6(9)3-5/h1-3H,9H2,(H,10,11)/p-1. The molecule has 0 aromatic heterocycles. The first-order chi connectivity index (χ1) is 5.09. The number of hydrogen-bond donors (Lipinski definition) is 1. The number of carbonyl (C=O) groups is 1. The molecule has 0 spiro atoms. The van der Waals surface area contributed by atoms with Crippen molar-refractivity contribution in [3.8, 4) is 0 Å². The number of nitrogen functional groups attached to an aromatic ring is 1. The highest BCUT2D eigenvalue weighted by atomic mass is 35.5.